The van der Waals surface area contributed by atoms with Crippen LogP contribution in [0.3, 0.4) is 0 Å². The van der Waals surface area contributed by atoms with Gasteiger partial charge < -0.3 is 10.6 Å². The molecular formula is C16H30ClN3O3S. The fraction of sp³-hybridized carbons (Fsp3) is 0.938. The van der Waals surface area contributed by atoms with E-state index in [2.05, 4.69) is 4.72 Å². The molecule has 0 aromatic rings. The van der Waals surface area contributed by atoms with Crippen LogP contribution in [-0.4, -0.2) is 49.6 Å². The van der Waals surface area contributed by atoms with Gasteiger partial charge in [-0.25, -0.2) is 13.1 Å². The summed E-state index contributed by atoms with van der Waals surface area (Å²) in [5, 5.41) is -0.495. The highest BCUT2D eigenvalue weighted by Crippen LogP contribution is 2.30. The van der Waals surface area contributed by atoms with Crippen LogP contribution in [0.25, 0.3) is 0 Å². The summed E-state index contributed by atoms with van der Waals surface area (Å²) >= 11 is 0. The van der Waals surface area contributed by atoms with E-state index in [-0.39, 0.29) is 29.8 Å². The molecule has 0 bridgehead atoms. The molecule has 0 aromatic heterocycles. The number of nitrogens with one attached hydrogen (secondary N) is 1. The predicted octanol–water partition coefficient (Wildman–Crippen LogP) is 1.39. The van der Waals surface area contributed by atoms with Crippen molar-refractivity contribution in [3.63, 3.8) is 0 Å². The second-order valence-corrected chi connectivity index (χ2v) is 9.66. The highest BCUT2D eigenvalue weighted by Gasteiger charge is 2.38. The summed E-state index contributed by atoms with van der Waals surface area (Å²) in [5.74, 6) is 0.281. The number of hydrogen-bond donors (Lipinski definition) is 2. The topological polar surface area (TPSA) is 92.5 Å². The van der Waals surface area contributed by atoms with Crippen molar-refractivity contribution in [3.05, 3.63) is 0 Å². The van der Waals surface area contributed by atoms with Crippen molar-refractivity contribution in [2.24, 2.45) is 11.7 Å². The molecule has 1 unspecified atom stereocenters. The summed E-state index contributed by atoms with van der Waals surface area (Å²) < 4.78 is 27.8. The Bertz CT molecular complexity index is 545. The van der Waals surface area contributed by atoms with Crippen molar-refractivity contribution >= 4 is 28.3 Å². The lowest BCUT2D eigenvalue weighted by molar-refractivity contribution is -0.136. The molecule has 24 heavy (non-hydrogen) atoms. The van der Waals surface area contributed by atoms with Gasteiger partial charge in [-0.15, -0.1) is 12.4 Å². The lowest BCUT2D eigenvalue weighted by Crippen LogP contribution is -2.57. The molecule has 3 fully saturated rings. The molecule has 3 aliphatic rings. The molecule has 1 heterocycles. The van der Waals surface area contributed by atoms with Gasteiger partial charge in [-0.3, -0.25) is 4.79 Å². The molecule has 1 amide bonds. The number of carbonyl (C=O) groups excluding carboxylic acids is 1. The fourth-order valence-electron chi connectivity index (χ4n) is 3.99. The first-order chi connectivity index (χ1) is 10.9. The standard InChI is InChI=1S/C16H29N3O3S.ClH/c17-16(8-4-9-16)12-18-23(21,22)14-7-3-10-19(11-14)15(20)13-5-1-2-6-13;/h13-14,18H,1-12,17H2;1H. The lowest BCUT2D eigenvalue weighted by atomic mass is 9.78. The SMILES string of the molecule is Cl.NC1(CNS(=O)(=O)C2CCCN(C(=O)C3CCCC3)C2)CCC1. The first-order valence-corrected chi connectivity index (χ1v) is 10.5. The number of halogens is 1. The zero-order valence-corrected chi connectivity index (χ0v) is 15.8. The minimum absolute atomic E-state index is 0. The van der Waals surface area contributed by atoms with Crippen LogP contribution >= 0.6 is 12.4 Å². The zero-order valence-electron chi connectivity index (χ0n) is 14.2. The monoisotopic (exact) mass is 379 g/mol. The van der Waals surface area contributed by atoms with Crippen molar-refractivity contribution in [3.8, 4) is 0 Å². The Morgan fingerprint density at radius 2 is 1.79 bits per heavy atom. The Kier molecular flexibility index (Phi) is 6.56. The van der Waals surface area contributed by atoms with Crippen molar-refractivity contribution in [1.29, 1.82) is 0 Å². The molecule has 140 valence electrons. The molecule has 1 atom stereocenters. The zero-order chi connectivity index (χ0) is 16.5. The second kappa shape index (κ2) is 7.89. The van der Waals surface area contributed by atoms with Crippen LogP contribution in [0, 0.1) is 5.92 Å². The third-order valence-electron chi connectivity index (χ3n) is 5.81. The maximum atomic E-state index is 12.6. The summed E-state index contributed by atoms with van der Waals surface area (Å²) in [6, 6.07) is 0. The molecule has 0 radical (unpaired) electrons. The van der Waals surface area contributed by atoms with Crippen molar-refractivity contribution in [2.75, 3.05) is 19.6 Å². The van der Waals surface area contributed by atoms with E-state index in [1.54, 1.807) is 4.90 Å². The molecule has 0 aromatic carbocycles. The number of rotatable bonds is 5. The van der Waals surface area contributed by atoms with E-state index >= 15 is 0 Å². The molecule has 2 saturated carbocycles. The van der Waals surface area contributed by atoms with Gasteiger partial charge in [-0.2, -0.15) is 0 Å². The average Bonchev–Trinajstić information content (AvgIpc) is 3.05. The summed E-state index contributed by atoms with van der Waals surface area (Å²) in [6.45, 7) is 1.35. The van der Waals surface area contributed by atoms with Crippen LogP contribution in [0.1, 0.15) is 57.8 Å². The van der Waals surface area contributed by atoms with Crippen LogP contribution < -0.4 is 10.5 Å². The number of sulfonamides is 1. The molecular weight excluding hydrogens is 350 g/mol. The minimum Gasteiger partial charge on any atom is -0.341 e. The molecule has 1 saturated heterocycles. The largest absolute Gasteiger partial charge is 0.341 e. The Morgan fingerprint density at radius 3 is 2.38 bits per heavy atom. The van der Waals surface area contributed by atoms with Crippen LogP contribution in [0.15, 0.2) is 0 Å². The molecule has 3 N–H and O–H groups in total. The second-order valence-electron chi connectivity index (χ2n) is 7.61. The first-order valence-electron chi connectivity index (χ1n) is 8.96. The number of piperidine rings is 1. The van der Waals surface area contributed by atoms with E-state index in [4.69, 9.17) is 5.73 Å². The molecule has 8 heteroatoms. The Morgan fingerprint density at radius 1 is 1.12 bits per heavy atom. The number of amides is 1. The van der Waals surface area contributed by atoms with Crippen LogP contribution in [0.5, 0.6) is 0 Å². The van der Waals surface area contributed by atoms with Gasteiger partial charge in [0.1, 0.15) is 0 Å². The maximum Gasteiger partial charge on any atom is 0.225 e. The fourth-order valence-corrected chi connectivity index (χ4v) is 5.57. The van der Waals surface area contributed by atoms with Gasteiger partial charge in [-0.1, -0.05) is 12.8 Å². The molecule has 2 aliphatic carbocycles. The van der Waals surface area contributed by atoms with E-state index in [1.807, 2.05) is 0 Å². The maximum absolute atomic E-state index is 12.6. The van der Waals surface area contributed by atoms with Crippen molar-refractivity contribution in [1.82, 2.24) is 9.62 Å². The van der Waals surface area contributed by atoms with E-state index in [0.717, 1.165) is 51.4 Å². The molecule has 3 rings (SSSR count). The van der Waals surface area contributed by atoms with Gasteiger partial charge in [0.2, 0.25) is 15.9 Å². The van der Waals surface area contributed by atoms with Gasteiger partial charge in [0.25, 0.3) is 0 Å². The van der Waals surface area contributed by atoms with E-state index in [9.17, 15) is 13.2 Å². The molecule has 1 aliphatic heterocycles. The summed E-state index contributed by atoms with van der Waals surface area (Å²) in [4.78, 5) is 14.3. The third kappa shape index (κ3) is 4.42. The average molecular weight is 380 g/mol. The number of nitrogens with two attached hydrogens (primary N) is 1. The van der Waals surface area contributed by atoms with E-state index < -0.39 is 15.3 Å². The number of hydrogen-bond acceptors (Lipinski definition) is 4. The Hall–Kier alpha value is -0.370. The lowest BCUT2D eigenvalue weighted by Gasteiger charge is -2.39. The minimum atomic E-state index is -3.41. The summed E-state index contributed by atoms with van der Waals surface area (Å²) in [5.41, 5.74) is 5.75. The van der Waals surface area contributed by atoms with Crippen LogP contribution in [-0.2, 0) is 14.8 Å². The number of nitrogens with zero attached hydrogens (tertiary/aromatic N) is 1. The van der Waals surface area contributed by atoms with E-state index in [0.29, 0.717) is 26.1 Å². The summed E-state index contributed by atoms with van der Waals surface area (Å²) in [6.07, 6.45) is 8.38. The van der Waals surface area contributed by atoms with Crippen molar-refractivity contribution in [2.45, 2.75) is 68.6 Å². The van der Waals surface area contributed by atoms with Gasteiger partial charge in [0.15, 0.2) is 0 Å². The predicted molar refractivity (Wildman–Crippen MR) is 96.5 cm³/mol. The Labute approximate surface area is 151 Å². The van der Waals surface area contributed by atoms with E-state index in [1.165, 1.54) is 0 Å². The van der Waals surface area contributed by atoms with Crippen LogP contribution in [0.4, 0.5) is 0 Å². The first kappa shape index (κ1) is 19.9. The van der Waals surface area contributed by atoms with Crippen LogP contribution in [0.2, 0.25) is 0 Å². The van der Waals surface area contributed by atoms with Gasteiger partial charge in [0, 0.05) is 31.1 Å². The number of carbonyl (C=O) groups is 1. The van der Waals surface area contributed by atoms with Gasteiger partial charge in [-0.05, 0) is 44.9 Å². The normalized spacial score (nSPS) is 27.4. The highest BCUT2D eigenvalue weighted by molar-refractivity contribution is 7.90. The third-order valence-corrected chi connectivity index (χ3v) is 7.62. The molecule has 6 nitrogen and oxygen atoms in total. The smallest absolute Gasteiger partial charge is 0.225 e. The Balaban J connectivity index is 0.00000208. The highest BCUT2D eigenvalue weighted by atomic mass is 35.5. The summed E-state index contributed by atoms with van der Waals surface area (Å²) in [7, 11) is -3.41. The molecule has 0 spiro atoms. The van der Waals surface area contributed by atoms with Gasteiger partial charge in [0.05, 0.1) is 5.25 Å². The quantitative estimate of drug-likeness (QED) is 0.754. The van der Waals surface area contributed by atoms with Gasteiger partial charge >= 0.3 is 0 Å². The van der Waals surface area contributed by atoms with Crippen molar-refractivity contribution < 1.29 is 13.2 Å². The number of likely N-dealkylation sites (tertiary alicyclic amines) is 1.